The zero-order valence-electron chi connectivity index (χ0n) is 18.2. The van der Waals surface area contributed by atoms with E-state index in [0.29, 0.717) is 42.2 Å². The minimum absolute atomic E-state index is 0.415. The fourth-order valence-electron chi connectivity index (χ4n) is 3.46. The maximum absolute atomic E-state index is 5.70. The number of aryl methyl sites for hydroxylation is 1. The third kappa shape index (κ3) is 4.47. The number of pyridine rings is 2. The largest absolute Gasteiger partial charge is 0.493 e. The third-order valence-corrected chi connectivity index (χ3v) is 4.94. The SMILES string of the molecule is COc1cc(Nc2nccc(Nc3ccc(C)nc3-c3ccccn3)n2)cc2c1OCCO2. The first-order chi connectivity index (χ1) is 16.2. The minimum atomic E-state index is 0.415. The molecule has 0 radical (unpaired) electrons. The molecule has 1 aliphatic rings. The van der Waals surface area contributed by atoms with E-state index in [4.69, 9.17) is 14.2 Å². The van der Waals surface area contributed by atoms with Crippen molar-refractivity contribution in [1.29, 1.82) is 0 Å². The van der Waals surface area contributed by atoms with Crippen molar-refractivity contribution in [1.82, 2.24) is 19.9 Å². The summed E-state index contributed by atoms with van der Waals surface area (Å²) in [5.41, 5.74) is 3.95. The Kier molecular flexibility index (Phi) is 5.59. The zero-order chi connectivity index (χ0) is 22.6. The molecule has 0 saturated carbocycles. The van der Waals surface area contributed by atoms with Crippen LogP contribution < -0.4 is 24.8 Å². The fourth-order valence-corrected chi connectivity index (χ4v) is 3.46. The highest BCUT2D eigenvalue weighted by Crippen LogP contribution is 2.42. The van der Waals surface area contributed by atoms with Crippen LogP contribution in [0.3, 0.4) is 0 Å². The topological polar surface area (TPSA) is 103 Å². The molecule has 0 fully saturated rings. The summed E-state index contributed by atoms with van der Waals surface area (Å²) in [7, 11) is 1.59. The van der Waals surface area contributed by atoms with Gasteiger partial charge in [-0.3, -0.25) is 4.98 Å². The molecule has 166 valence electrons. The van der Waals surface area contributed by atoms with Gasteiger partial charge in [-0.15, -0.1) is 0 Å². The third-order valence-electron chi connectivity index (χ3n) is 4.94. The van der Waals surface area contributed by atoms with Gasteiger partial charge in [-0.05, 0) is 37.3 Å². The van der Waals surface area contributed by atoms with Crippen molar-refractivity contribution in [2.24, 2.45) is 0 Å². The number of hydrogen-bond acceptors (Lipinski definition) is 9. The van der Waals surface area contributed by atoms with Gasteiger partial charge in [0.15, 0.2) is 11.5 Å². The average Bonchev–Trinajstić information content (AvgIpc) is 2.85. The Morgan fingerprint density at radius 2 is 1.82 bits per heavy atom. The molecule has 5 rings (SSSR count). The van der Waals surface area contributed by atoms with Crippen molar-refractivity contribution < 1.29 is 14.2 Å². The van der Waals surface area contributed by atoms with E-state index in [9.17, 15) is 0 Å². The first-order valence-corrected chi connectivity index (χ1v) is 10.4. The van der Waals surface area contributed by atoms with Crippen LogP contribution in [0.2, 0.25) is 0 Å². The Hall–Kier alpha value is -4.40. The minimum Gasteiger partial charge on any atom is -0.493 e. The molecule has 4 aromatic rings. The van der Waals surface area contributed by atoms with Gasteiger partial charge < -0.3 is 24.8 Å². The second-order valence-electron chi connectivity index (χ2n) is 7.28. The van der Waals surface area contributed by atoms with Gasteiger partial charge in [0.25, 0.3) is 0 Å². The number of anilines is 4. The second kappa shape index (κ2) is 8.99. The normalized spacial score (nSPS) is 12.2. The van der Waals surface area contributed by atoms with Gasteiger partial charge >= 0.3 is 0 Å². The van der Waals surface area contributed by atoms with E-state index in [1.807, 2.05) is 49.4 Å². The maximum Gasteiger partial charge on any atom is 0.229 e. The van der Waals surface area contributed by atoms with Crippen LogP contribution in [0.15, 0.2) is 60.9 Å². The molecule has 0 spiro atoms. The molecule has 0 bridgehead atoms. The van der Waals surface area contributed by atoms with E-state index in [2.05, 4.69) is 30.6 Å². The van der Waals surface area contributed by atoms with Crippen molar-refractivity contribution in [2.45, 2.75) is 6.92 Å². The van der Waals surface area contributed by atoms with Gasteiger partial charge in [0, 0.05) is 35.9 Å². The van der Waals surface area contributed by atoms with E-state index < -0.39 is 0 Å². The number of nitrogens with zero attached hydrogens (tertiary/aromatic N) is 4. The van der Waals surface area contributed by atoms with Crippen molar-refractivity contribution in [3.8, 4) is 28.6 Å². The second-order valence-corrected chi connectivity index (χ2v) is 7.28. The average molecular weight is 442 g/mol. The van der Waals surface area contributed by atoms with E-state index >= 15 is 0 Å². The molecule has 3 aromatic heterocycles. The lowest BCUT2D eigenvalue weighted by Gasteiger charge is -2.21. The molecule has 9 nitrogen and oxygen atoms in total. The number of rotatable bonds is 6. The lowest BCUT2D eigenvalue weighted by molar-refractivity contribution is 0.165. The highest BCUT2D eigenvalue weighted by atomic mass is 16.6. The molecule has 1 aliphatic heterocycles. The maximum atomic E-state index is 5.70. The summed E-state index contributed by atoms with van der Waals surface area (Å²) >= 11 is 0. The van der Waals surface area contributed by atoms with Crippen molar-refractivity contribution in [3.05, 3.63) is 66.6 Å². The van der Waals surface area contributed by atoms with Gasteiger partial charge in [0.2, 0.25) is 11.7 Å². The molecule has 0 aliphatic carbocycles. The molecule has 4 heterocycles. The molecule has 2 N–H and O–H groups in total. The van der Waals surface area contributed by atoms with Crippen LogP contribution in [-0.2, 0) is 0 Å². The predicted octanol–water partition coefficient (Wildman–Crippen LogP) is 4.51. The van der Waals surface area contributed by atoms with Crippen LogP contribution in [0, 0.1) is 6.92 Å². The first kappa shape index (κ1) is 20.5. The fraction of sp³-hybridized carbons (Fsp3) is 0.167. The van der Waals surface area contributed by atoms with Crippen LogP contribution in [0.25, 0.3) is 11.4 Å². The van der Waals surface area contributed by atoms with Crippen LogP contribution in [0.1, 0.15) is 5.69 Å². The summed E-state index contributed by atoms with van der Waals surface area (Å²) in [5.74, 6) is 2.82. The molecular formula is C24H22N6O3. The van der Waals surface area contributed by atoms with Gasteiger partial charge in [-0.2, -0.15) is 4.98 Å². The number of fused-ring (bicyclic) bond motifs is 1. The quantitative estimate of drug-likeness (QED) is 0.446. The van der Waals surface area contributed by atoms with Crippen LogP contribution in [-0.4, -0.2) is 40.3 Å². The van der Waals surface area contributed by atoms with Crippen molar-refractivity contribution in [2.75, 3.05) is 31.0 Å². The van der Waals surface area contributed by atoms with Crippen molar-refractivity contribution >= 4 is 23.1 Å². The lowest BCUT2D eigenvalue weighted by atomic mass is 10.2. The van der Waals surface area contributed by atoms with E-state index in [1.165, 1.54) is 0 Å². The Balaban J connectivity index is 1.41. The molecule has 0 atom stereocenters. The summed E-state index contributed by atoms with van der Waals surface area (Å²) in [6.07, 6.45) is 3.42. The number of methoxy groups -OCH3 is 1. The van der Waals surface area contributed by atoms with E-state index in [1.54, 1.807) is 25.6 Å². The lowest BCUT2D eigenvalue weighted by Crippen LogP contribution is -2.16. The summed E-state index contributed by atoms with van der Waals surface area (Å²) in [4.78, 5) is 18.0. The molecule has 0 unspecified atom stereocenters. The zero-order valence-corrected chi connectivity index (χ0v) is 18.2. The molecule has 0 amide bonds. The molecule has 1 aromatic carbocycles. The van der Waals surface area contributed by atoms with Gasteiger partial charge in [0.05, 0.1) is 18.5 Å². The number of benzene rings is 1. The standard InChI is InChI=1S/C24H22N6O3/c1-15-6-7-18(22(27-15)17-5-3-4-9-25-17)29-21-8-10-26-24(30-21)28-16-13-19(31-2)23-20(14-16)32-11-12-33-23/h3-10,13-14H,11-12H2,1-2H3,(H2,26,28,29,30). The molecule has 0 saturated heterocycles. The van der Waals surface area contributed by atoms with E-state index in [-0.39, 0.29) is 0 Å². The monoisotopic (exact) mass is 442 g/mol. The predicted molar refractivity (Wildman–Crippen MR) is 125 cm³/mol. The van der Waals surface area contributed by atoms with Gasteiger partial charge in [-0.1, -0.05) is 6.07 Å². The van der Waals surface area contributed by atoms with Crippen LogP contribution in [0.5, 0.6) is 17.2 Å². The Bertz CT molecular complexity index is 1270. The first-order valence-electron chi connectivity index (χ1n) is 10.4. The van der Waals surface area contributed by atoms with Crippen LogP contribution in [0.4, 0.5) is 23.1 Å². The van der Waals surface area contributed by atoms with E-state index in [0.717, 1.165) is 28.5 Å². The molecule has 9 heteroatoms. The highest BCUT2D eigenvalue weighted by Gasteiger charge is 2.19. The van der Waals surface area contributed by atoms with Crippen molar-refractivity contribution in [3.63, 3.8) is 0 Å². The number of hydrogen-bond donors (Lipinski definition) is 2. The summed E-state index contributed by atoms with van der Waals surface area (Å²) in [6, 6.07) is 15.1. The van der Waals surface area contributed by atoms with Gasteiger partial charge in [0.1, 0.15) is 24.7 Å². The highest BCUT2D eigenvalue weighted by molar-refractivity contribution is 5.75. The number of ether oxygens (including phenoxy) is 3. The Morgan fingerprint density at radius 3 is 2.67 bits per heavy atom. The summed E-state index contributed by atoms with van der Waals surface area (Å²) in [6.45, 7) is 2.92. The molecule has 33 heavy (non-hydrogen) atoms. The Morgan fingerprint density at radius 1 is 0.909 bits per heavy atom. The smallest absolute Gasteiger partial charge is 0.229 e. The number of aromatic nitrogens is 4. The Labute approximate surface area is 190 Å². The summed E-state index contributed by atoms with van der Waals surface area (Å²) < 4.78 is 16.8. The van der Waals surface area contributed by atoms with Gasteiger partial charge in [-0.25, -0.2) is 9.97 Å². The number of nitrogens with one attached hydrogen (secondary N) is 2. The molecular weight excluding hydrogens is 420 g/mol. The summed E-state index contributed by atoms with van der Waals surface area (Å²) in [5, 5.41) is 6.54. The van der Waals surface area contributed by atoms with Crippen LogP contribution >= 0.6 is 0 Å².